The zero-order valence-corrected chi connectivity index (χ0v) is 38.4. The van der Waals surface area contributed by atoms with Crippen LogP contribution in [0.5, 0.6) is 0 Å². The molecule has 332 valence electrons. The number of ether oxygens (including phenoxy) is 3. The minimum Gasteiger partial charge on any atom is -0.462 e. The average Bonchev–Trinajstić information content (AvgIpc) is 3.15. The Morgan fingerprint density at radius 3 is 0.768 bits per heavy atom. The Balaban J connectivity index is 4.32. The molecule has 0 rings (SSSR count). The minimum absolute atomic E-state index is 0.0656. The molecule has 0 saturated carbocycles. The lowest BCUT2D eigenvalue weighted by Gasteiger charge is -2.18. The van der Waals surface area contributed by atoms with Crippen LogP contribution in [0.15, 0.2) is 0 Å². The Kier molecular flexibility index (Phi) is 40.4. The average molecular weight is 793 g/mol. The predicted octanol–water partition coefficient (Wildman–Crippen LogP) is 15.6. The van der Waals surface area contributed by atoms with Crippen LogP contribution in [0.4, 0.5) is 0 Å². The van der Waals surface area contributed by atoms with Gasteiger partial charge in [0.25, 0.3) is 0 Å². The highest BCUT2D eigenvalue weighted by Crippen LogP contribution is 2.17. The highest BCUT2D eigenvalue weighted by atomic mass is 16.6. The smallest absolute Gasteiger partial charge is 0.306 e. The molecule has 56 heavy (non-hydrogen) atoms. The number of carbonyl (C=O) groups excluding carboxylic acids is 3. The van der Waals surface area contributed by atoms with Crippen molar-refractivity contribution in [2.24, 2.45) is 17.8 Å². The van der Waals surface area contributed by atoms with Crippen molar-refractivity contribution in [1.29, 1.82) is 0 Å². The molecule has 0 fully saturated rings. The van der Waals surface area contributed by atoms with Gasteiger partial charge in [0.1, 0.15) is 13.2 Å². The van der Waals surface area contributed by atoms with Gasteiger partial charge in [0.05, 0.1) is 0 Å². The third-order valence-corrected chi connectivity index (χ3v) is 11.1. The Hall–Kier alpha value is -1.59. The highest BCUT2D eigenvalue weighted by molar-refractivity contribution is 5.71. The van der Waals surface area contributed by atoms with E-state index in [1.165, 1.54) is 148 Å². The van der Waals surface area contributed by atoms with Crippen molar-refractivity contribution in [3.63, 3.8) is 0 Å². The number of esters is 3. The molecule has 6 heteroatoms. The van der Waals surface area contributed by atoms with Gasteiger partial charge in [-0.25, -0.2) is 0 Å². The number of hydrogen-bond acceptors (Lipinski definition) is 6. The summed E-state index contributed by atoms with van der Waals surface area (Å²) in [5.41, 5.74) is 0. The molecular formula is C50H96O6. The number of rotatable bonds is 43. The highest BCUT2D eigenvalue weighted by Gasteiger charge is 2.19. The zero-order valence-electron chi connectivity index (χ0n) is 38.4. The molecule has 0 aliphatic heterocycles. The maximum atomic E-state index is 12.7. The lowest BCUT2D eigenvalue weighted by molar-refractivity contribution is -0.167. The molecule has 0 saturated heterocycles. The second-order valence-electron chi connectivity index (χ2n) is 18.5. The summed E-state index contributed by atoms with van der Waals surface area (Å²) in [7, 11) is 0. The maximum absolute atomic E-state index is 12.7. The van der Waals surface area contributed by atoms with Crippen LogP contribution in [0.2, 0.25) is 0 Å². The second-order valence-corrected chi connectivity index (χ2v) is 18.5. The normalized spacial score (nSPS) is 12.2. The van der Waals surface area contributed by atoms with Crippen LogP contribution in [0.1, 0.15) is 266 Å². The summed E-state index contributed by atoms with van der Waals surface area (Å²) < 4.78 is 16.8. The predicted molar refractivity (Wildman–Crippen MR) is 238 cm³/mol. The fourth-order valence-electron chi connectivity index (χ4n) is 7.41. The SMILES string of the molecule is CC(C)CCCCCCCCCCCCCC(=O)OC[C@@H](COC(=O)CCCCCCCCCCCCC(C)C)OC(=O)CCCCCCCCCCC(C)C. The van der Waals surface area contributed by atoms with Gasteiger partial charge in [-0.3, -0.25) is 14.4 Å². The summed E-state index contributed by atoms with van der Waals surface area (Å²) in [6.45, 7) is 13.7. The van der Waals surface area contributed by atoms with Crippen LogP contribution in [0, 0.1) is 17.8 Å². The summed E-state index contributed by atoms with van der Waals surface area (Å²) in [5.74, 6) is 1.58. The van der Waals surface area contributed by atoms with Crippen LogP contribution in [-0.4, -0.2) is 37.2 Å². The van der Waals surface area contributed by atoms with Crippen molar-refractivity contribution in [3.8, 4) is 0 Å². The molecule has 0 heterocycles. The van der Waals surface area contributed by atoms with Crippen LogP contribution in [-0.2, 0) is 28.6 Å². The third-order valence-electron chi connectivity index (χ3n) is 11.1. The molecule has 0 bridgehead atoms. The summed E-state index contributed by atoms with van der Waals surface area (Å²) in [6.07, 6.45) is 39.5. The van der Waals surface area contributed by atoms with E-state index in [4.69, 9.17) is 14.2 Å². The third kappa shape index (κ3) is 43.5. The Morgan fingerprint density at radius 2 is 0.518 bits per heavy atom. The number of unbranched alkanes of at least 4 members (excludes halogenated alkanes) is 26. The van der Waals surface area contributed by atoms with E-state index in [9.17, 15) is 14.4 Å². The van der Waals surface area contributed by atoms with Crippen molar-refractivity contribution < 1.29 is 28.6 Å². The fourth-order valence-corrected chi connectivity index (χ4v) is 7.41. The first kappa shape index (κ1) is 54.4. The molecule has 0 amide bonds. The van der Waals surface area contributed by atoms with Gasteiger partial charge in [0, 0.05) is 19.3 Å². The van der Waals surface area contributed by atoms with Gasteiger partial charge in [-0.15, -0.1) is 0 Å². The Bertz CT molecular complexity index is 868. The van der Waals surface area contributed by atoms with E-state index < -0.39 is 6.10 Å². The van der Waals surface area contributed by atoms with Gasteiger partial charge >= 0.3 is 17.9 Å². The monoisotopic (exact) mass is 793 g/mol. The first-order valence-corrected chi connectivity index (χ1v) is 24.6. The summed E-state index contributed by atoms with van der Waals surface area (Å²) >= 11 is 0. The molecular weight excluding hydrogens is 697 g/mol. The largest absolute Gasteiger partial charge is 0.462 e. The standard InChI is InChI=1S/C50H96O6/c1-44(2)36-30-24-18-12-8-7-9-14-21-27-33-39-48(51)54-42-47(56-50(53)41-35-29-23-17-16-20-26-32-38-46(5)6)43-55-49(52)40-34-28-22-15-11-10-13-19-25-31-37-45(3)4/h44-47H,7-43H2,1-6H3/t47-/m0/s1. The molecule has 0 aromatic rings. The van der Waals surface area contributed by atoms with Crippen LogP contribution in [0.25, 0.3) is 0 Å². The first-order chi connectivity index (χ1) is 27.1. The summed E-state index contributed by atoms with van der Waals surface area (Å²) in [6, 6.07) is 0. The molecule has 0 unspecified atom stereocenters. The molecule has 0 aliphatic carbocycles. The van der Waals surface area contributed by atoms with Gasteiger partial charge < -0.3 is 14.2 Å². The number of hydrogen-bond donors (Lipinski definition) is 0. The van der Waals surface area contributed by atoms with Gasteiger partial charge in [-0.2, -0.15) is 0 Å². The first-order valence-electron chi connectivity index (χ1n) is 24.6. The van der Waals surface area contributed by atoms with Crippen molar-refractivity contribution in [1.82, 2.24) is 0 Å². The van der Waals surface area contributed by atoms with E-state index in [2.05, 4.69) is 41.5 Å². The number of carbonyl (C=O) groups is 3. The Labute approximate surface area is 348 Å². The summed E-state index contributed by atoms with van der Waals surface area (Å²) in [5, 5.41) is 0. The topological polar surface area (TPSA) is 78.9 Å². The minimum atomic E-state index is -0.762. The van der Waals surface area contributed by atoms with Gasteiger partial charge in [-0.05, 0) is 37.0 Å². The van der Waals surface area contributed by atoms with Gasteiger partial charge in [0.15, 0.2) is 6.10 Å². The van der Waals surface area contributed by atoms with E-state index >= 15 is 0 Å². The van der Waals surface area contributed by atoms with Gasteiger partial charge in [-0.1, -0.05) is 228 Å². The van der Waals surface area contributed by atoms with E-state index in [0.29, 0.717) is 19.3 Å². The summed E-state index contributed by atoms with van der Waals surface area (Å²) in [4.78, 5) is 37.8. The van der Waals surface area contributed by atoms with Crippen LogP contribution >= 0.6 is 0 Å². The quantitative estimate of drug-likeness (QED) is 0.0348. The van der Waals surface area contributed by atoms with E-state index in [1.54, 1.807) is 0 Å². The fraction of sp³-hybridized carbons (Fsp3) is 0.940. The molecule has 0 aliphatic rings. The molecule has 0 spiro atoms. The van der Waals surface area contributed by atoms with Crippen LogP contribution in [0.3, 0.4) is 0 Å². The lowest BCUT2D eigenvalue weighted by Crippen LogP contribution is -2.30. The molecule has 0 radical (unpaired) electrons. The molecule has 0 aromatic carbocycles. The molecule has 6 nitrogen and oxygen atoms in total. The lowest BCUT2D eigenvalue weighted by atomic mass is 10.0. The van der Waals surface area contributed by atoms with Crippen LogP contribution < -0.4 is 0 Å². The van der Waals surface area contributed by atoms with Crippen molar-refractivity contribution >= 4 is 17.9 Å². The Morgan fingerprint density at radius 1 is 0.304 bits per heavy atom. The van der Waals surface area contributed by atoms with E-state index in [1.807, 2.05) is 0 Å². The molecule has 0 aromatic heterocycles. The van der Waals surface area contributed by atoms with Crippen molar-refractivity contribution in [2.75, 3.05) is 13.2 Å². The van der Waals surface area contributed by atoms with E-state index in [0.717, 1.165) is 75.5 Å². The maximum Gasteiger partial charge on any atom is 0.306 e. The van der Waals surface area contributed by atoms with Crippen molar-refractivity contribution in [2.45, 2.75) is 272 Å². The van der Waals surface area contributed by atoms with Gasteiger partial charge in [0.2, 0.25) is 0 Å². The second kappa shape index (κ2) is 41.6. The molecule has 1 atom stereocenters. The van der Waals surface area contributed by atoms with E-state index in [-0.39, 0.29) is 31.1 Å². The zero-order chi connectivity index (χ0) is 41.3. The molecule has 0 N–H and O–H groups in total. The van der Waals surface area contributed by atoms with Crippen molar-refractivity contribution in [3.05, 3.63) is 0 Å².